The van der Waals surface area contributed by atoms with E-state index in [-0.39, 0.29) is 11.9 Å². The van der Waals surface area contributed by atoms with Crippen LogP contribution in [0.1, 0.15) is 27.5 Å². The third kappa shape index (κ3) is 4.41. The molecule has 0 N–H and O–H groups in total. The lowest BCUT2D eigenvalue weighted by atomic mass is 10.00. The third-order valence-electron chi connectivity index (χ3n) is 6.18. The molecule has 0 bridgehead atoms. The van der Waals surface area contributed by atoms with Crippen LogP contribution in [0.2, 0.25) is 10.0 Å². The average Bonchev–Trinajstić information content (AvgIpc) is 2.84. The van der Waals surface area contributed by atoms with E-state index in [1.807, 2.05) is 72.5 Å². The van der Waals surface area contributed by atoms with E-state index in [1.165, 1.54) is 0 Å². The van der Waals surface area contributed by atoms with Crippen molar-refractivity contribution in [1.29, 1.82) is 0 Å². The molecule has 0 spiro atoms. The topological polar surface area (TPSA) is 36.4 Å². The Bertz CT molecular complexity index is 1320. The number of amides is 1. The Morgan fingerprint density at radius 1 is 0.970 bits per heavy atom. The predicted molar refractivity (Wildman–Crippen MR) is 135 cm³/mol. The summed E-state index contributed by atoms with van der Waals surface area (Å²) in [5.74, 6) is 0.0226. The molecule has 4 nitrogen and oxygen atoms in total. The smallest absolute Gasteiger partial charge is 0.254 e. The summed E-state index contributed by atoms with van der Waals surface area (Å²) >= 11 is 12.8. The van der Waals surface area contributed by atoms with Crippen LogP contribution in [-0.2, 0) is 0 Å². The van der Waals surface area contributed by atoms with E-state index in [0.29, 0.717) is 30.2 Å². The lowest BCUT2D eigenvalue weighted by Gasteiger charge is -2.43. The van der Waals surface area contributed by atoms with Crippen molar-refractivity contribution in [2.24, 2.45) is 0 Å². The minimum absolute atomic E-state index is 0.0226. The van der Waals surface area contributed by atoms with Gasteiger partial charge in [-0.2, -0.15) is 0 Å². The molecule has 33 heavy (non-hydrogen) atoms. The Morgan fingerprint density at radius 3 is 2.58 bits per heavy atom. The second-order valence-electron chi connectivity index (χ2n) is 8.38. The van der Waals surface area contributed by atoms with Crippen molar-refractivity contribution in [1.82, 2.24) is 9.88 Å². The summed E-state index contributed by atoms with van der Waals surface area (Å²) in [7, 11) is 0. The highest BCUT2D eigenvalue weighted by Crippen LogP contribution is 2.36. The van der Waals surface area contributed by atoms with Crippen molar-refractivity contribution in [2.45, 2.75) is 13.0 Å². The van der Waals surface area contributed by atoms with E-state index in [0.717, 1.165) is 32.7 Å². The summed E-state index contributed by atoms with van der Waals surface area (Å²) in [6, 6.07) is 23.5. The molecule has 5 rings (SSSR count). The predicted octanol–water partition coefficient (Wildman–Crippen LogP) is 6.55. The van der Waals surface area contributed by atoms with Crippen molar-refractivity contribution >= 4 is 45.7 Å². The molecule has 166 valence electrons. The summed E-state index contributed by atoms with van der Waals surface area (Å²) in [6.07, 6.45) is 1.76. The average molecular weight is 476 g/mol. The SMILES string of the molecule is Cc1ccc(N2CCN(C(=O)c3ccc4ncccc4c3)C[C@H]2c2ccc(Cl)cc2)c(Cl)c1. The molecule has 2 heterocycles. The maximum atomic E-state index is 13.5. The van der Waals surface area contributed by atoms with Crippen molar-refractivity contribution in [2.75, 3.05) is 24.5 Å². The first-order valence-corrected chi connectivity index (χ1v) is 11.7. The van der Waals surface area contributed by atoms with Gasteiger partial charge in [-0.3, -0.25) is 9.78 Å². The Kier molecular flexibility index (Phi) is 5.96. The number of piperazine rings is 1. The molecule has 1 aromatic heterocycles. The maximum absolute atomic E-state index is 13.5. The van der Waals surface area contributed by atoms with Crippen LogP contribution < -0.4 is 4.90 Å². The zero-order valence-electron chi connectivity index (χ0n) is 18.2. The zero-order chi connectivity index (χ0) is 22.9. The lowest BCUT2D eigenvalue weighted by molar-refractivity contribution is 0.0722. The largest absolute Gasteiger partial charge is 0.360 e. The molecule has 1 saturated heterocycles. The number of aromatic nitrogens is 1. The van der Waals surface area contributed by atoms with Gasteiger partial charge in [-0.25, -0.2) is 0 Å². The summed E-state index contributed by atoms with van der Waals surface area (Å²) in [5.41, 5.74) is 4.74. The molecule has 1 fully saturated rings. The number of hydrogen-bond acceptors (Lipinski definition) is 3. The van der Waals surface area contributed by atoms with Gasteiger partial charge in [0, 0.05) is 41.8 Å². The Balaban J connectivity index is 1.48. The van der Waals surface area contributed by atoms with Gasteiger partial charge in [-0.05, 0) is 66.6 Å². The van der Waals surface area contributed by atoms with Crippen LogP contribution in [0.25, 0.3) is 10.9 Å². The number of hydrogen-bond donors (Lipinski definition) is 0. The molecular weight excluding hydrogens is 453 g/mol. The number of fused-ring (bicyclic) bond motifs is 1. The van der Waals surface area contributed by atoms with Gasteiger partial charge >= 0.3 is 0 Å². The fraction of sp³-hybridized carbons (Fsp3) is 0.185. The Morgan fingerprint density at radius 2 is 1.79 bits per heavy atom. The van der Waals surface area contributed by atoms with Crippen LogP contribution in [0.15, 0.2) is 79.0 Å². The first kappa shape index (κ1) is 21.7. The second kappa shape index (κ2) is 9.05. The fourth-order valence-corrected chi connectivity index (χ4v) is 4.93. The van der Waals surface area contributed by atoms with Crippen molar-refractivity contribution in [3.63, 3.8) is 0 Å². The van der Waals surface area contributed by atoms with E-state index in [4.69, 9.17) is 23.2 Å². The standard InChI is InChI=1S/C27H23Cl2N3O/c1-18-4-11-25(23(29)15-18)32-14-13-31(17-26(32)19-5-8-22(28)9-6-19)27(33)21-7-10-24-20(16-21)3-2-12-30-24/h2-12,15-16,26H,13-14,17H2,1H3/t26-/m0/s1. The van der Waals surface area contributed by atoms with Gasteiger partial charge < -0.3 is 9.80 Å². The summed E-state index contributed by atoms with van der Waals surface area (Å²) < 4.78 is 0. The number of aryl methyl sites for hydroxylation is 1. The molecule has 1 amide bonds. The van der Waals surface area contributed by atoms with Crippen LogP contribution in [0.4, 0.5) is 5.69 Å². The van der Waals surface area contributed by atoms with Gasteiger partial charge in [0.1, 0.15) is 0 Å². The van der Waals surface area contributed by atoms with Gasteiger partial charge in [0.2, 0.25) is 0 Å². The highest BCUT2D eigenvalue weighted by molar-refractivity contribution is 6.33. The number of halogens is 2. The molecule has 6 heteroatoms. The quantitative estimate of drug-likeness (QED) is 0.336. The number of rotatable bonds is 3. The molecule has 1 aliphatic heterocycles. The van der Waals surface area contributed by atoms with E-state index in [9.17, 15) is 4.79 Å². The molecule has 0 saturated carbocycles. The molecule has 0 aliphatic carbocycles. The summed E-state index contributed by atoms with van der Waals surface area (Å²) in [5, 5.41) is 2.37. The zero-order valence-corrected chi connectivity index (χ0v) is 19.7. The van der Waals surface area contributed by atoms with Crippen molar-refractivity contribution in [3.05, 3.63) is 106 Å². The highest BCUT2D eigenvalue weighted by Gasteiger charge is 2.32. The third-order valence-corrected chi connectivity index (χ3v) is 6.74. The van der Waals surface area contributed by atoms with E-state index < -0.39 is 0 Å². The van der Waals surface area contributed by atoms with Crippen LogP contribution in [0.3, 0.4) is 0 Å². The van der Waals surface area contributed by atoms with Gasteiger partial charge in [-0.1, -0.05) is 47.5 Å². The van der Waals surface area contributed by atoms with Crippen molar-refractivity contribution in [3.8, 4) is 0 Å². The van der Waals surface area contributed by atoms with Gasteiger partial charge in [-0.15, -0.1) is 0 Å². The summed E-state index contributed by atoms with van der Waals surface area (Å²) in [4.78, 5) is 22.0. The number of carbonyl (C=O) groups excluding carboxylic acids is 1. The van der Waals surface area contributed by atoms with Crippen LogP contribution >= 0.6 is 23.2 Å². The number of anilines is 1. The Labute approximate surface area is 203 Å². The molecule has 1 atom stereocenters. The number of benzene rings is 3. The molecular formula is C27H23Cl2N3O. The molecule has 1 aliphatic rings. The minimum atomic E-state index is -0.0395. The van der Waals surface area contributed by atoms with Crippen molar-refractivity contribution < 1.29 is 4.79 Å². The highest BCUT2D eigenvalue weighted by atomic mass is 35.5. The molecule has 4 aromatic rings. The van der Waals surface area contributed by atoms with Crippen LogP contribution in [-0.4, -0.2) is 35.4 Å². The first-order chi connectivity index (χ1) is 16.0. The normalized spacial score (nSPS) is 16.3. The van der Waals surface area contributed by atoms with Gasteiger partial charge in [0.05, 0.1) is 22.3 Å². The van der Waals surface area contributed by atoms with Gasteiger partial charge in [0.25, 0.3) is 5.91 Å². The second-order valence-corrected chi connectivity index (χ2v) is 9.22. The van der Waals surface area contributed by atoms with Crippen LogP contribution in [0, 0.1) is 6.92 Å². The Hall–Kier alpha value is -3.08. The number of pyridine rings is 1. The molecule has 0 radical (unpaired) electrons. The maximum Gasteiger partial charge on any atom is 0.254 e. The summed E-state index contributed by atoms with van der Waals surface area (Å²) in [6.45, 7) is 3.87. The number of nitrogens with zero attached hydrogens (tertiary/aromatic N) is 3. The lowest BCUT2D eigenvalue weighted by Crippen LogP contribution is -2.50. The first-order valence-electron chi connectivity index (χ1n) is 10.9. The van der Waals surface area contributed by atoms with E-state index in [2.05, 4.69) is 22.0 Å². The van der Waals surface area contributed by atoms with E-state index >= 15 is 0 Å². The number of carbonyl (C=O) groups is 1. The minimum Gasteiger partial charge on any atom is -0.360 e. The van der Waals surface area contributed by atoms with Gasteiger partial charge in [0.15, 0.2) is 0 Å². The monoisotopic (exact) mass is 475 g/mol. The molecule has 0 unspecified atom stereocenters. The van der Waals surface area contributed by atoms with Crippen LogP contribution in [0.5, 0.6) is 0 Å². The fourth-order valence-electron chi connectivity index (χ4n) is 4.46. The van der Waals surface area contributed by atoms with E-state index in [1.54, 1.807) is 6.20 Å². The molecule has 3 aromatic carbocycles.